The van der Waals surface area contributed by atoms with Crippen LogP contribution in [0.2, 0.25) is 0 Å². The number of nitrogens with one attached hydrogen (secondary N) is 1. The van der Waals surface area contributed by atoms with Gasteiger partial charge in [0, 0.05) is 16.9 Å². The number of anilines is 1. The number of carboxylic acid groups (broad SMARTS) is 1. The van der Waals surface area contributed by atoms with Crippen molar-refractivity contribution in [3.8, 4) is 0 Å². The zero-order valence-electron chi connectivity index (χ0n) is 15.2. The first-order chi connectivity index (χ1) is 14.4. The van der Waals surface area contributed by atoms with Crippen LogP contribution >= 0.6 is 58.6 Å². The summed E-state index contributed by atoms with van der Waals surface area (Å²) in [4.78, 5) is 53.7. The molecule has 0 radical (unpaired) electrons. The number of hydrogen-bond acceptors (Lipinski definition) is 12. The topological polar surface area (TPSA) is 168 Å². The van der Waals surface area contributed by atoms with Gasteiger partial charge in [-0.05, 0) is 5.57 Å². The van der Waals surface area contributed by atoms with Gasteiger partial charge in [0.15, 0.2) is 9.47 Å². The Kier molecular flexibility index (Phi) is 7.20. The Morgan fingerprint density at radius 1 is 1.35 bits per heavy atom. The number of carboxylic acids is 1. The van der Waals surface area contributed by atoms with Gasteiger partial charge in [0.25, 0.3) is 17.6 Å². The first-order valence-electron chi connectivity index (χ1n) is 8.22. The van der Waals surface area contributed by atoms with Gasteiger partial charge >= 0.3 is 5.97 Å². The number of hydrogen-bond donors (Lipinski definition) is 3. The van der Waals surface area contributed by atoms with Crippen LogP contribution in [0, 0.1) is 0 Å². The number of nitrogens with two attached hydrogens (primary N) is 1. The molecule has 0 saturated carbocycles. The van der Waals surface area contributed by atoms with E-state index in [9.17, 15) is 24.3 Å². The Morgan fingerprint density at radius 2 is 2.13 bits per heavy atom. The molecule has 164 valence electrons. The largest absolute Gasteiger partial charge is 0.477 e. The quantitative estimate of drug-likeness (QED) is 0.203. The molecule has 1 unspecified atom stereocenters. The van der Waals surface area contributed by atoms with Crippen LogP contribution in [-0.2, 0) is 14.4 Å². The number of amides is 2. The minimum atomic E-state index is -1.22. The van der Waals surface area contributed by atoms with Gasteiger partial charge in [-0.25, -0.2) is 9.78 Å². The van der Waals surface area contributed by atoms with Crippen LogP contribution in [0.4, 0.5) is 5.13 Å². The van der Waals surface area contributed by atoms with Crippen molar-refractivity contribution in [3.05, 3.63) is 27.9 Å². The number of thiazole rings is 1. The fraction of sp³-hybridized carbons (Fsp3) is 0.267. The van der Waals surface area contributed by atoms with E-state index in [0.717, 1.165) is 16.2 Å². The molecule has 2 aliphatic rings. The van der Waals surface area contributed by atoms with Gasteiger partial charge in [0.2, 0.25) is 0 Å². The minimum absolute atomic E-state index is 0. The number of nitrogen functional groups attached to an aromatic ring is 1. The number of thioether (sulfide) groups is 2. The van der Waals surface area contributed by atoms with Crippen molar-refractivity contribution in [1.29, 1.82) is 0 Å². The third kappa shape index (κ3) is 4.55. The lowest BCUT2D eigenvalue weighted by molar-refractivity contribution is -0.150. The summed E-state index contributed by atoms with van der Waals surface area (Å²) in [5.41, 5.74) is 7.43. The van der Waals surface area contributed by atoms with Gasteiger partial charge in [-0.3, -0.25) is 19.3 Å². The second-order valence-electron chi connectivity index (χ2n) is 6.01. The lowest BCUT2D eigenvalue weighted by Gasteiger charge is -2.49. The molecule has 0 spiro atoms. The highest BCUT2D eigenvalue weighted by Gasteiger charge is 2.54. The Morgan fingerprint density at radius 3 is 2.74 bits per heavy atom. The summed E-state index contributed by atoms with van der Waals surface area (Å²) in [6.07, 6.45) is 0. The van der Waals surface area contributed by atoms with Crippen molar-refractivity contribution < 1.29 is 24.3 Å². The number of halogens is 1. The van der Waals surface area contributed by atoms with Crippen LogP contribution in [0.1, 0.15) is 10.5 Å². The normalized spacial score (nSPS) is 19.9. The first kappa shape index (κ1) is 23.5. The van der Waals surface area contributed by atoms with Crippen molar-refractivity contribution in [2.24, 2.45) is 0 Å². The van der Waals surface area contributed by atoms with E-state index in [0.29, 0.717) is 21.4 Å². The summed E-state index contributed by atoms with van der Waals surface area (Å²) in [6.45, 7) is 0. The minimum Gasteiger partial charge on any atom is -0.477 e. The maximum absolute atomic E-state index is 12.6. The molecule has 2 aromatic heterocycles. The molecule has 0 bridgehead atoms. The average molecular weight is 521 g/mol. The van der Waals surface area contributed by atoms with E-state index in [1.54, 1.807) is 5.51 Å². The zero-order valence-corrected chi connectivity index (χ0v) is 19.3. The summed E-state index contributed by atoms with van der Waals surface area (Å²) in [5.74, 6) is -2.98. The maximum atomic E-state index is 12.6. The predicted octanol–water partition coefficient (Wildman–Crippen LogP) is 0.712. The third-order valence-electron chi connectivity index (χ3n) is 4.21. The second-order valence-corrected chi connectivity index (χ2v) is 10.1. The Bertz CT molecular complexity index is 1070. The molecule has 4 heterocycles. The molecule has 2 amide bonds. The number of aromatic nitrogens is 3. The van der Waals surface area contributed by atoms with Crippen LogP contribution in [0.25, 0.3) is 0 Å². The average Bonchev–Trinajstić information content (AvgIpc) is 3.40. The number of fused-ring (bicyclic) bond motifs is 1. The molecule has 1 saturated heterocycles. The summed E-state index contributed by atoms with van der Waals surface area (Å²) in [5, 5.41) is 20.6. The van der Waals surface area contributed by atoms with Gasteiger partial charge in [-0.1, -0.05) is 23.1 Å². The van der Waals surface area contributed by atoms with Crippen molar-refractivity contribution >= 4 is 87.3 Å². The first-order valence-corrected chi connectivity index (χ1v) is 12.0. The molecule has 16 heteroatoms. The highest BCUT2D eigenvalue weighted by molar-refractivity contribution is 8.01. The fourth-order valence-electron chi connectivity index (χ4n) is 2.88. The number of carbonyl (C=O) groups is 4. The maximum Gasteiger partial charge on any atom is 0.352 e. The number of β-lactam (4-membered cyclic amide) rings is 1. The van der Waals surface area contributed by atoms with Gasteiger partial charge in [0.05, 0.1) is 0 Å². The number of carbonyl (C=O) groups excluding carboxylic acids is 3. The lowest BCUT2D eigenvalue weighted by atomic mass is 10.0. The molecular formula is C15H13ClN6O5S4. The predicted molar refractivity (Wildman–Crippen MR) is 118 cm³/mol. The van der Waals surface area contributed by atoms with E-state index in [4.69, 9.17) is 5.73 Å². The van der Waals surface area contributed by atoms with E-state index in [-0.39, 0.29) is 28.9 Å². The number of aliphatic carboxylic acids is 1. The highest BCUT2D eigenvalue weighted by atomic mass is 35.5. The van der Waals surface area contributed by atoms with Crippen LogP contribution in [0.3, 0.4) is 0 Å². The van der Waals surface area contributed by atoms with Gasteiger partial charge in [0.1, 0.15) is 28.3 Å². The molecule has 4 rings (SSSR count). The van der Waals surface area contributed by atoms with Crippen molar-refractivity contribution in [2.75, 3.05) is 17.2 Å². The van der Waals surface area contributed by atoms with Crippen LogP contribution < -0.4 is 11.1 Å². The molecule has 0 aromatic carbocycles. The molecule has 0 aliphatic carbocycles. The van der Waals surface area contributed by atoms with Crippen molar-refractivity contribution in [2.45, 2.75) is 15.8 Å². The molecule has 1 fully saturated rings. The Balaban J connectivity index is 0.00000272. The van der Waals surface area contributed by atoms with Gasteiger partial charge in [-0.2, -0.15) is 0 Å². The number of rotatable bonds is 7. The molecule has 4 N–H and O–H groups in total. The molecular weight excluding hydrogens is 508 g/mol. The molecule has 11 nitrogen and oxygen atoms in total. The summed E-state index contributed by atoms with van der Waals surface area (Å²) in [6, 6.07) is -0.992. The molecule has 31 heavy (non-hydrogen) atoms. The second kappa shape index (κ2) is 9.52. The van der Waals surface area contributed by atoms with Crippen LogP contribution in [-0.4, -0.2) is 71.7 Å². The van der Waals surface area contributed by atoms with Crippen molar-refractivity contribution in [1.82, 2.24) is 25.4 Å². The van der Waals surface area contributed by atoms with E-state index < -0.39 is 35.0 Å². The fourth-order valence-corrected chi connectivity index (χ4v) is 6.40. The number of nitrogens with zero attached hydrogens (tertiary/aromatic N) is 4. The molecule has 2 atom stereocenters. The monoisotopic (exact) mass is 520 g/mol. The number of Topliss-reactive ketones (excluding diaryl/α,β-unsaturated/α-hetero) is 1. The van der Waals surface area contributed by atoms with Crippen molar-refractivity contribution in [3.63, 3.8) is 0 Å². The SMILES string of the molecule is Cl.Nc1nc(C(=O)C(=O)NC2C(=O)N3C(C(=O)O)=C(CSc4nncs4)CS[C@H]23)cs1. The molecule has 2 aromatic rings. The Hall–Kier alpha value is -2.20. The van der Waals surface area contributed by atoms with Gasteiger partial charge < -0.3 is 16.2 Å². The van der Waals surface area contributed by atoms with Gasteiger partial charge in [-0.15, -0.1) is 45.7 Å². The molecule has 2 aliphatic heterocycles. The van der Waals surface area contributed by atoms with Crippen LogP contribution in [0.5, 0.6) is 0 Å². The van der Waals surface area contributed by atoms with E-state index in [1.807, 2.05) is 0 Å². The van der Waals surface area contributed by atoms with E-state index >= 15 is 0 Å². The zero-order chi connectivity index (χ0) is 21.4. The summed E-state index contributed by atoms with van der Waals surface area (Å²) in [7, 11) is 0. The third-order valence-corrected chi connectivity index (χ3v) is 8.17. The summed E-state index contributed by atoms with van der Waals surface area (Å²) >= 11 is 5.02. The highest BCUT2D eigenvalue weighted by Crippen LogP contribution is 2.41. The lowest BCUT2D eigenvalue weighted by Crippen LogP contribution is -2.71. The summed E-state index contributed by atoms with van der Waals surface area (Å²) < 4.78 is 0.695. The standard InChI is InChI=1S/C15H12N6O5S4.ClH/c16-14-18-6(3-28-14)9(22)10(23)19-7-11(24)21-8(13(25)26)5(1-27-12(7)21)2-29-15-20-17-4-30-15;/h3-4,7,12H,1-2H2,(H2,16,18)(H,19,23)(H,25,26);1H/t7?,12-;/m1./s1. The smallest absolute Gasteiger partial charge is 0.352 e. The Labute approximate surface area is 197 Å². The van der Waals surface area contributed by atoms with Crippen LogP contribution in [0.15, 0.2) is 26.5 Å². The van der Waals surface area contributed by atoms with E-state index in [1.165, 1.54) is 40.2 Å². The van der Waals surface area contributed by atoms with E-state index in [2.05, 4.69) is 20.5 Å². The number of ketones is 1.